The number of anilines is 1. The van der Waals surface area contributed by atoms with Crippen LogP contribution in [0.5, 0.6) is 0 Å². The van der Waals surface area contributed by atoms with Crippen LogP contribution < -0.4 is 5.32 Å². The number of aromatic nitrogens is 2. The van der Waals surface area contributed by atoms with Crippen LogP contribution >= 0.6 is 0 Å². The van der Waals surface area contributed by atoms with Crippen molar-refractivity contribution in [2.75, 3.05) is 12.4 Å². The molecule has 5 nitrogen and oxygen atoms in total. The predicted molar refractivity (Wildman–Crippen MR) is 46.8 cm³/mol. The lowest BCUT2D eigenvalue weighted by atomic mass is 10.5. The Morgan fingerprint density at radius 2 is 2.15 bits per heavy atom. The number of nitrogens with zero attached hydrogens (tertiary/aromatic N) is 3. The van der Waals surface area contributed by atoms with Crippen molar-refractivity contribution in [3.63, 3.8) is 0 Å². The average molecular weight is 178 g/mol. The van der Waals surface area contributed by atoms with Crippen LogP contribution in [0, 0.1) is 11.3 Å². The summed E-state index contributed by atoms with van der Waals surface area (Å²) in [4.78, 5) is 7.59. The van der Waals surface area contributed by atoms with Crippen molar-refractivity contribution in [2.45, 2.75) is 13.2 Å². The van der Waals surface area contributed by atoms with Gasteiger partial charge in [0.25, 0.3) is 0 Å². The summed E-state index contributed by atoms with van der Waals surface area (Å²) in [6.45, 7) is 1.86. The van der Waals surface area contributed by atoms with Crippen molar-refractivity contribution >= 4 is 5.69 Å². The molecule has 0 saturated heterocycles. The fourth-order valence-corrected chi connectivity index (χ4v) is 0.754. The number of rotatable bonds is 3. The fraction of sp³-hybridized carbons (Fsp3) is 0.375. The quantitative estimate of drug-likeness (QED) is 0.691. The monoisotopic (exact) mass is 178 g/mol. The lowest BCUT2D eigenvalue weighted by molar-refractivity contribution is 0.141. The highest BCUT2D eigenvalue weighted by atomic mass is 16.5. The number of ether oxygens (including phenoxy) is 1. The maximum absolute atomic E-state index is 8.44. The largest absolute Gasteiger partial charge is 0.362 e. The van der Waals surface area contributed by atoms with E-state index >= 15 is 0 Å². The van der Waals surface area contributed by atoms with Crippen molar-refractivity contribution in [1.82, 2.24) is 9.97 Å². The van der Waals surface area contributed by atoms with Crippen molar-refractivity contribution in [3.8, 4) is 6.07 Å². The summed E-state index contributed by atoms with van der Waals surface area (Å²) in [6.07, 6.45) is 2.99. The Morgan fingerprint density at radius 1 is 1.54 bits per heavy atom. The van der Waals surface area contributed by atoms with Crippen LogP contribution in [0.1, 0.15) is 12.7 Å². The van der Waals surface area contributed by atoms with Gasteiger partial charge in [-0.25, -0.2) is 9.97 Å². The Hall–Kier alpha value is -1.67. The molecule has 0 bridgehead atoms. The minimum atomic E-state index is -0.100. The molecule has 1 N–H and O–H groups in total. The number of methoxy groups -OCH3 is 1. The van der Waals surface area contributed by atoms with Gasteiger partial charge in [0.1, 0.15) is 12.3 Å². The van der Waals surface area contributed by atoms with Crippen LogP contribution in [0.4, 0.5) is 5.69 Å². The minimum Gasteiger partial charge on any atom is -0.362 e. The standard InChI is InChI=1S/C8H10N4O/c1-6(13-2)12-7-4-10-8(3-9)11-5-7/h4-6,12H,1-2H3. The molecule has 0 aromatic carbocycles. The van der Waals surface area contributed by atoms with E-state index in [1.807, 2.05) is 13.0 Å². The Balaban J connectivity index is 2.65. The van der Waals surface area contributed by atoms with Gasteiger partial charge in [-0.05, 0) is 6.92 Å². The van der Waals surface area contributed by atoms with E-state index in [0.717, 1.165) is 5.69 Å². The van der Waals surface area contributed by atoms with Crippen LogP contribution in [-0.4, -0.2) is 23.3 Å². The molecule has 68 valence electrons. The molecule has 13 heavy (non-hydrogen) atoms. The van der Waals surface area contributed by atoms with Crippen molar-refractivity contribution < 1.29 is 4.74 Å². The van der Waals surface area contributed by atoms with Gasteiger partial charge in [-0.1, -0.05) is 0 Å². The molecule has 0 spiro atoms. The summed E-state index contributed by atoms with van der Waals surface area (Å²) in [7, 11) is 1.60. The molecule has 1 aromatic heterocycles. The minimum absolute atomic E-state index is 0.100. The van der Waals surface area contributed by atoms with Gasteiger partial charge in [-0.2, -0.15) is 5.26 Å². The zero-order chi connectivity index (χ0) is 9.68. The normalized spacial score (nSPS) is 11.8. The van der Waals surface area contributed by atoms with E-state index in [1.54, 1.807) is 19.5 Å². The molecule has 0 amide bonds. The zero-order valence-electron chi connectivity index (χ0n) is 7.48. The maximum atomic E-state index is 8.44. The van der Waals surface area contributed by atoms with Gasteiger partial charge in [-0.3, -0.25) is 0 Å². The predicted octanol–water partition coefficient (Wildman–Crippen LogP) is 0.753. The summed E-state index contributed by atoms with van der Waals surface area (Å²) in [5, 5.41) is 11.4. The van der Waals surface area contributed by atoms with E-state index in [2.05, 4.69) is 15.3 Å². The molecular formula is C8H10N4O. The lowest BCUT2D eigenvalue weighted by Gasteiger charge is -2.11. The van der Waals surface area contributed by atoms with E-state index in [1.165, 1.54) is 0 Å². The first-order valence-electron chi connectivity index (χ1n) is 3.77. The van der Waals surface area contributed by atoms with Crippen LogP contribution in [0.15, 0.2) is 12.4 Å². The maximum Gasteiger partial charge on any atom is 0.232 e. The second-order valence-electron chi connectivity index (χ2n) is 2.43. The van der Waals surface area contributed by atoms with Crippen molar-refractivity contribution in [2.24, 2.45) is 0 Å². The summed E-state index contributed by atoms with van der Waals surface area (Å²) >= 11 is 0. The van der Waals surface area contributed by atoms with E-state index in [-0.39, 0.29) is 12.1 Å². The third-order valence-electron chi connectivity index (χ3n) is 1.48. The molecule has 1 rings (SSSR count). The molecule has 1 aromatic rings. The van der Waals surface area contributed by atoms with Crippen LogP contribution in [0.2, 0.25) is 0 Å². The van der Waals surface area contributed by atoms with Crippen molar-refractivity contribution in [1.29, 1.82) is 5.26 Å². The Morgan fingerprint density at radius 3 is 2.62 bits per heavy atom. The van der Waals surface area contributed by atoms with Crippen LogP contribution in [0.25, 0.3) is 0 Å². The highest BCUT2D eigenvalue weighted by Gasteiger charge is 1.99. The Bertz CT molecular complexity index is 303. The number of nitriles is 1. The molecule has 0 radical (unpaired) electrons. The highest BCUT2D eigenvalue weighted by molar-refractivity contribution is 5.38. The molecule has 1 heterocycles. The number of hydrogen-bond donors (Lipinski definition) is 1. The Kier molecular flexibility index (Phi) is 3.17. The lowest BCUT2D eigenvalue weighted by Crippen LogP contribution is -2.17. The summed E-state index contributed by atoms with van der Waals surface area (Å²) in [5.41, 5.74) is 0.730. The van der Waals surface area contributed by atoms with E-state index in [4.69, 9.17) is 10.00 Å². The molecule has 1 atom stereocenters. The zero-order valence-corrected chi connectivity index (χ0v) is 7.48. The first-order chi connectivity index (χ1) is 6.26. The molecule has 1 unspecified atom stereocenters. The van der Waals surface area contributed by atoms with Gasteiger partial charge < -0.3 is 10.1 Å². The summed E-state index contributed by atoms with van der Waals surface area (Å²) in [6, 6.07) is 1.84. The highest BCUT2D eigenvalue weighted by Crippen LogP contribution is 2.04. The molecule has 0 fully saturated rings. The Labute approximate surface area is 76.4 Å². The van der Waals surface area contributed by atoms with Crippen LogP contribution in [-0.2, 0) is 4.74 Å². The van der Waals surface area contributed by atoms with Crippen molar-refractivity contribution in [3.05, 3.63) is 18.2 Å². The number of nitrogens with one attached hydrogen (secondary N) is 1. The summed E-state index contributed by atoms with van der Waals surface area (Å²) in [5.74, 6) is 0.163. The van der Waals surface area contributed by atoms with Gasteiger partial charge in [0, 0.05) is 7.11 Å². The van der Waals surface area contributed by atoms with Gasteiger partial charge in [0.2, 0.25) is 5.82 Å². The van der Waals surface area contributed by atoms with Gasteiger partial charge >= 0.3 is 0 Å². The molecule has 0 aliphatic heterocycles. The molecule has 0 aliphatic rings. The summed E-state index contributed by atoms with van der Waals surface area (Å²) < 4.78 is 4.98. The molecular weight excluding hydrogens is 168 g/mol. The molecule has 0 saturated carbocycles. The molecule has 0 aliphatic carbocycles. The van der Waals surface area contributed by atoms with E-state index in [9.17, 15) is 0 Å². The third kappa shape index (κ3) is 2.69. The topological polar surface area (TPSA) is 70.8 Å². The third-order valence-corrected chi connectivity index (χ3v) is 1.48. The smallest absolute Gasteiger partial charge is 0.232 e. The average Bonchev–Trinajstić information content (AvgIpc) is 2.19. The first-order valence-corrected chi connectivity index (χ1v) is 3.77. The van der Waals surface area contributed by atoms with E-state index in [0.29, 0.717) is 0 Å². The molecule has 5 heteroatoms. The first kappa shape index (κ1) is 9.42. The second kappa shape index (κ2) is 4.38. The van der Waals surface area contributed by atoms with Crippen LogP contribution in [0.3, 0.4) is 0 Å². The SMILES string of the molecule is COC(C)Nc1cnc(C#N)nc1. The van der Waals surface area contributed by atoms with Gasteiger partial charge in [0.05, 0.1) is 18.1 Å². The number of hydrogen-bond acceptors (Lipinski definition) is 5. The van der Waals surface area contributed by atoms with Gasteiger partial charge in [0.15, 0.2) is 0 Å². The fourth-order valence-electron chi connectivity index (χ4n) is 0.754. The van der Waals surface area contributed by atoms with Gasteiger partial charge in [-0.15, -0.1) is 0 Å². The van der Waals surface area contributed by atoms with E-state index < -0.39 is 0 Å². The second-order valence-corrected chi connectivity index (χ2v) is 2.43.